The van der Waals surface area contributed by atoms with Crippen molar-refractivity contribution in [2.45, 2.75) is 71.6 Å². The number of rotatable bonds is 9. The van der Waals surface area contributed by atoms with Crippen LogP contribution in [0.3, 0.4) is 0 Å². The predicted molar refractivity (Wildman–Crippen MR) is 75.4 cm³/mol. The summed E-state index contributed by atoms with van der Waals surface area (Å²) in [5.74, 6) is 0. The standard InChI is InChI=1S/C15H26S/c1-3-5-7-9-11-15-13-16-12-14(15)10-8-6-4-2/h12-13H,3-11H2,1-2H3. The first kappa shape index (κ1) is 13.8. The molecule has 0 radical (unpaired) electrons. The van der Waals surface area contributed by atoms with Crippen molar-refractivity contribution in [1.29, 1.82) is 0 Å². The zero-order chi connectivity index (χ0) is 11.6. The summed E-state index contributed by atoms with van der Waals surface area (Å²) in [6, 6.07) is 0. The minimum atomic E-state index is 1.31. The third-order valence-electron chi connectivity index (χ3n) is 3.18. The quantitative estimate of drug-likeness (QED) is 0.491. The van der Waals surface area contributed by atoms with Crippen molar-refractivity contribution < 1.29 is 0 Å². The first-order chi connectivity index (χ1) is 7.88. The molecule has 0 aromatic carbocycles. The van der Waals surface area contributed by atoms with Gasteiger partial charge >= 0.3 is 0 Å². The molecule has 0 nitrogen and oxygen atoms in total. The normalized spacial score (nSPS) is 10.9. The Hall–Kier alpha value is -0.300. The van der Waals surface area contributed by atoms with Gasteiger partial charge in [0.25, 0.3) is 0 Å². The van der Waals surface area contributed by atoms with Crippen LogP contribution in [0, 0.1) is 0 Å². The molecule has 0 aliphatic rings. The Morgan fingerprint density at radius 1 is 0.750 bits per heavy atom. The molecule has 0 atom stereocenters. The zero-order valence-corrected chi connectivity index (χ0v) is 11.7. The molecule has 0 spiro atoms. The van der Waals surface area contributed by atoms with E-state index in [9.17, 15) is 0 Å². The number of hydrogen-bond acceptors (Lipinski definition) is 1. The molecule has 0 bridgehead atoms. The lowest BCUT2D eigenvalue weighted by molar-refractivity contribution is 0.661. The fourth-order valence-corrected chi connectivity index (χ4v) is 3.03. The molecule has 1 heterocycles. The van der Waals surface area contributed by atoms with Crippen LogP contribution >= 0.6 is 11.3 Å². The van der Waals surface area contributed by atoms with Crippen LogP contribution in [-0.4, -0.2) is 0 Å². The lowest BCUT2D eigenvalue weighted by Crippen LogP contribution is -1.91. The number of aryl methyl sites for hydroxylation is 2. The van der Waals surface area contributed by atoms with E-state index in [0.717, 1.165) is 0 Å². The summed E-state index contributed by atoms with van der Waals surface area (Å²) in [6.07, 6.45) is 12.2. The molecule has 0 saturated carbocycles. The van der Waals surface area contributed by atoms with Gasteiger partial charge < -0.3 is 0 Å². The van der Waals surface area contributed by atoms with Crippen LogP contribution in [0.2, 0.25) is 0 Å². The highest BCUT2D eigenvalue weighted by molar-refractivity contribution is 7.08. The molecule has 1 heteroatoms. The van der Waals surface area contributed by atoms with Gasteiger partial charge in [0.05, 0.1) is 0 Å². The van der Waals surface area contributed by atoms with Crippen LogP contribution in [-0.2, 0) is 12.8 Å². The van der Waals surface area contributed by atoms with Crippen molar-refractivity contribution in [2.75, 3.05) is 0 Å². The van der Waals surface area contributed by atoms with Crippen molar-refractivity contribution in [3.8, 4) is 0 Å². The van der Waals surface area contributed by atoms with E-state index >= 15 is 0 Å². The van der Waals surface area contributed by atoms with Gasteiger partial charge in [0, 0.05) is 0 Å². The van der Waals surface area contributed by atoms with Gasteiger partial charge in [-0.2, -0.15) is 11.3 Å². The monoisotopic (exact) mass is 238 g/mol. The molecule has 1 rings (SSSR count). The van der Waals surface area contributed by atoms with Crippen LogP contribution < -0.4 is 0 Å². The Morgan fingerprint density at radius 2 is 1.25 bits per heavy atom. The van der Waals surface area contributed by atoms with E-state index < -0.39 is 0 Å². The van der Waals surface area contributed by atoms with E-state index in [-0.39, 0.29) is 0 Å². The summed E-state index contributed by atoms with van der Waals surface area (Å²) in [5.41, 5.74) is 3.27. The third kappa shape index (κ3) is 5.16. The lowest BCUT2D eigenvalue weighted by Gasteiger charge is -2.03. The van der Waals surface area contributed by atoms with Crippen LogP contribution in [0.5, 0.6) is 0 Å². The van der Waals surface area contributed by atoms with E-state index in [0.29, 0.717) is 0 Å². The second kappa shape index (κ2) is 8.81. The third-order valence-corrected chi connectivity index (χ3v) is 4.02. The fraction of sp³-hybridized carbons (Fsp3) is 0.733. The largest absolute Gasteiger partial charge is 0.152 e. The molecule has 0 aliphatic carbocycles. The fourth-order valence-electron chi connectivity index (χ4n) is 2.10. The van der Waals surface area contributed by atoms with Gasteiger partial charge in [0.15, 0.2) is 0 Å². The second-order valence-electron chi connectivity index (χ2n) is 4.69. The van der Waals surface area contributed by atoms with Crippen molar-refractivity contribution in [2.24, 2.45) is 0 Å². The minimum absolute atomic E-state index is 1.31. The Kier molecular flexibility index (Phi) is 7.58. The van der Waals surface area contributed by atoms with Gasteiger partial charge in [-0.3, -0.25) is 0 Å². The molecule has 0 aliphatic heterocycles. The second-order valence-corrected chi connectivity index (χ2v) is 5.43. The molecular weight excluding hydrogens is 212 g/mol. The Balaban J connectivity index is 2.26. The molecule has 0 unspecified atom stereocenters. The van der Waals surface area contributed by atoms with Crippen molar-refractivity contribution in [3.05, 3.63) is 21.9 Å². The maximum Gasteiger partial charge on any atom is -0.00584 e. The topological polar surface area (TPSA) is 0 Å². The van der Waals surface area contributed by atoms with Crippen molar-refractivity contribution >= 4 is 11.3 Å². The van der Waals surface area contributed by atoms with Crippen LogP contribution in [0.15, 0.2) is 10.8 Å². The summed E-state index contributed by atoms with van der Waals surface area (Å²) in [4.78, 5) is 0. The Labute approximate surface area is 105 Å². The number of unbranched alkanes of at least 4 members (excludes halogenated alkanes) is 5. The van der Waals surface area contributed by atoms with Gasteiger partial charge in [0.1, 0.15) is 0 Å². The summed E-state index contributed by atoms with van der Waals surface area (Å²) in [7, 11) is 0. The maximum atomic E-state index is 2.37. The van der Waals surface area contributed by atoms with Gasteiger partial charge in [-0.1, -0.05) is 46.0 Å². The summed E-state index contributed by atoms with van der Waals surface area (Å²) >= 11 is 1.89. The van der Waals surface area contributed by atoms with Gasteiger partial charge in [-0.25, -0.2) is 0 Å². The van der Waals surface area contributed by atoms with Crippen molar-refractivity contribution in [3.63, 3.8) is 0 Å². The van der Waals surface area contributed by atoms with E-state index in [1.807, 2.05) is 11.3 Å². The molecule has 0 N–H and O–H groups in total. The Morgan fingerprint density at radius 3 is 1.81 bits per heavy atom. The maximum absolute atomic E-state index is 2.37. The SMILES string of the molecule is CCCCCCc1cscc1CCCCC. The highest BCUT2D eigenvalue weighted by atomic mass is 32.1. The first-order valence-electron chi connectivity index (χ1n) is 6.92. The number of thiophene rings is 1. The van der Waals surface area contributed by atoms with Gasteiger partial charge in [-0.15, -0.1) is 0 Å². The summed E-state index contributed by atoms with van der Waals surface area (Å²) < 4.78 is 0. The van der Waals surface area contributed by atoms with E-state index in [1.165, 1.54) is 57.8 Å². The lowest BCUT2D eigenvalue weighted by atomic mass is 10.0. The van der Waals surface area contributed by atoms with Gasteiger partial charge in [-0.05, 0) is 47.6 Å². The summed E-state index contributed by atoms with van der Waals surface area (Å²) in [5, 5.41) is 4.73. The van der Waals surface area contributed by atoms with Gasteiger partial charge in [0.2, 0.25) is 0 Å². The highest BCUT2D eigenvalue weighted by Crippen LogP contribution is 2.20. The first-order valence-corrected chi connectivity index (χ1v) is 7.86. The van der Waals surface area contributed by atoms with Crippen LogP contribution in [0.25, 0.3) is 0 Å². The predicted octanol–water partition coefficient (Wildman–Crippen LogP) is 5.60. The average molecular weight is 238 g/mol. The molecule has 0 saturated heterocycles. The Bertz CT molecular complexity index is 262. The van der Waals surface area contributed by atoms with E-state index in [4.69, 9.17) is 0 Å². The summed E-state index contributed by atoms with van der Waals surface area (Å²) in [6.45, 7) is 4.56. The molecule has 0 fully saturated rings. The molecule has 1 aromatic rings. The molecule has 16 heavy (non-hydrogen) atoms. The molecule has 1 aromatic heterocycles. The molecular formula is C15H26S. The minimum Gasteiger partial charge on any atom is -0.152 e. The van der Waals surface area contributed by atoms with E-state index in [1.54, 1.807) is 11.1 Å². The van der Waals surface area contributed by atoms with E-state index in [2.05, 4.69) is 24.6 Å². The zero-order valence-electron chi connectivity index (χ0n) is 10.9. The smallest absolute Gasteiger partial charge is 0.00584 e. The highest BCUT2D eigenvalue weighted by Gasteiger charge is 2.03. The molecule has 0 amide bonds. The van der Waals surface area contributed by atoms with Crippen molar-refractivity contribution in [1.82, 2.24) is 0 Å². The van der Waals surface area contributed by atoms with Crippen LogP contribution in [0.1, 0.15) is 69.9 Å². The number of hydrogen-bond donors (Lipinski definition) is 0. The average Bonchev–Trinajstić information content (AvgIpc) is 2.73. The molecule has 92 valence electrons. The van der Waals surface area contributed by atoms with Crippen LogP contribution in [0.4, 0.5) is 0 Å².